The number of amides is 2. The van der Waals surface area contributed by atoms with Crippen molar-refractivity contribution in [3.8, 4) is 0 Å². The molecule has 0 N–H and O–H groups in total. The molecule has 3 nitrogen and oxygen atoms in total. The van der Waals surface area contributed by atoms with Crippen LogP contribution in [-0.4, -0.2) is 21.3 Å². The number of halogens is 1. The van der Waals surface area contributed by atoms with Crippen molar-refractivity contribution in [2.45, 2.75) is 38.0 Å². The summed E-state index contributed by atoms with van der Waals surface area (Å²) in [6, 6.07) is 15.6. The first-order chi connectivity index (χ1) is 12.0. The van der Waals surface area contributed by atoms with Gasteiger partial charge in [0.1, 0.15) is 0 Å². The molecule has 3 rings (SSSR count). The molecule has 0 radical (unpaired) electrons. The molecule has 0 saturated carbocycles. The second-order valence-corrected chi connectivity index (χ2v) is 8.05. The zero-order valence-electron chi connectivity index (χ0n) is 14.2. The summed E-state index contributed by atoms with van der Waals surface area (Å²) >= 11 is 7.26. The molecule has 1 aliphatic rings. The van der Waals surface area contributed by atoms with Gasteiger partial charge in [0.25, 0.3) is 5.24 Å². The molecular formula is C20H20ClNO2S. The summed E-state index contributed by atoms with van der Waals surface area (Å²) < 4.78 is 0. The van der Waals surface area contributed by atoms with Crippen LogP contribution in [0.4, 0.5) is 4.79 Å². The average molecular weight is 374 g/mol. The molecule has 25 heavy (non-hydrogen) atoms. The Hall–Kier alpha value is -1.78. The van der Waals surface area contributed by atoms with Crippen molar-refractivity contribution in [3.63, 3.8) is 0 Å². The van der Waals surface area contributed by atoms with E-state index in [4.69, 9.17) is 11.6 Å². The fraction of sp³-hybridized carbons (Fsp3) is 0.300. The van der Waals surface area contributed by atoms with Gasteiger partial charge in [-0.1, -0.05) is 79.7 Å². The Morgan fingerprint density at radius 3 is 2.40 bits per heavy atom. The number of hydrogen-bond donors (Lipinski definition) is 0. The van der Waals surface area contributed by atoms with Crippen LogP contribution < -0.4 is 0 Å². The van der Waals surface area contributed by atoms with Crippen LogP contribution in [0.5, 0.6) is 0 Å². The second kappa shape index (κ2) is 7.63. The van der Waals surface area contributed by atoms with Crippen LogP contribution in [0.25, 0.3) is 0 Å². The Kier molecular flexibility index (Phi) is 5.50. The smallest absolute Gasteiger partial charge is 0.273 e. The number of carbonyl (C=O) groups is 2. The number of thioether (sulfide) groups is 1. The molecule has 2 aromatic carbocycles. The van der Waals surface area contributed by atoms with Crippen molar-refractivity contribution < 1.29 is 9.59 Å². The normalized spacial score (nSPS) is 17.6. The van der Waals surface area contributed by atoms with Crippen molar-refractivity contribution in [3.05, 3.63) is 70.2 Å². The van der Waals surface area contributed by atoms with Gasteiger partial charge in [-0.2, -0.15) is 0 Å². The van der Waals surface area contributed by atoms with Gasteiger partial charge in [0, 0.05) is 5.02 Å². The number of hydrogen-bond acceptors (Lipinski definition) is 3. The maximum Gasteiger partial charge on any atom is 0.289 e. The van der Waals surface area contributed by atoms with Crippen molar-refractivity contribution in [2.75, 3.05) is 0 Å². The van der Waals surface area contributed by atoms with E-state index < -0.39 is 0 Å². The predicted molar refractivity (Wildman–Crippen MR) is 103 cm³/mol. The Morgan fingerprint density at radius 1 is 1.08 bits per heavy atom. The largest absolute Gasteiger partial charge is 0.289 e. The van der Waals surface area contributed by atoms with Gasteiger partial charge in [-0.3, -0.25) is 14.5 Å². The van der Waals surface area contributed by atoms with E-state index in [2.05, 4.69) is 26.0 Å². The lowest BCUT2D eigenvalue weighted by Crippen LogP contribution is -2.31. The Labute approximate surface area is 157 Å². The van der Waals surface area contributed by atoms with E-state index in [9.17, 15) is 9.59 Å². The van der Waals surface area contributed by atoms with E-state index in [-0.39, 0.29) is 22.9 Å². The molecule has 1 saturated heterocycles. The van der Waals surface area contributed by atoms with Gasteiger partial charge >= 0.3 is 0 Å². The zero-order valence-corrected chi connectivity index (χ0v) is 15.8. The van der Waals surface area contributed by atoms with Crippen LogP contribution in [0.15, 0.2) is 48.5 Å². The Bertz CT molecular complexity index is 789. The quantitative estimate of drug-likeness (QED) is 0.716. The number of imide groups is 1. The van der Waals surface area contributed by atoms with Gasteiger partial charge in [0.2, 0.25) is 5.91 Å². The van der Waals surface area contributed by atoms with Gasteiger partial charge in [-0.15, -0.1) is 0 Å². The Balaban J connectivity index is 1.69. The fourth-order valence-corrected chi connectivity index (χ4v) is 4.05. The maximum atomic E-state index is 12.7. The molecule has 0 aromatic heterocycles. The van der Waals surface area contributed by atoms with Crippen molar-refractivity contribution >= 4 is 34.5 Å². The van der Waals surface area contributed by atoms with Gasteiger partial charge in [-0.05, 0) is 35.1 Å². The van der Waals surface area contributed by atoms with Crippen LogP contribution >= 0.6 is 23.4 Å². The van der Waals surface area contributed by atoms with E-state index in [0.29, 0.717) is 17.4 Å². The van der Waals surface area contributed by atoms with Gasteiger partial charge in [0.15, 0.2) is 0 Å². The third-order valence-corrected chi connectivity index (χ3v) is 5.80. The molecule has 0 aliphatic carbocycles. The minimum absolute atomic E-state index is 0.136. The molecule has 0 spiro atoms. The monoisotopic (exact) mass is 373 g/mol. The number of nitrogens with zero attached hydrogens (tertiary/aromatic N) is 1. The van der Waals surface area contributed by atoms with E-state index in [1.807, 2.05) is 30.3 Å². The highest BCUT2D eigenvalue weighted by Crippen LogP contribution is 2.32. The summed E-state index contributed by atoms with van der Waals surface area (Å²) in [5.41, 5.74) is 3.13. The van der Waals surface area contributed by atoms with Crippen molar-refractivity contribution in [2.24, 2.45) is 0 Å². The predicted octanol–water partition coefficient (Wildman–Crippen LogP) is 5.27. The second-order valence-electron chi connectivity index (χ2n) is 6.49. The molecule has 130 valence electrons. The highest BCUT2D eigenvalue weighted by atomic mass is 35.5. The van der Waals surface area contributed by atoms with E-state index >= 15 is 0 Å². The Morgan fingerprint density at radius 2 is 1.76 bits per heavy atom. The summed E-state index contributed by atoms with van der Waals surface area (Å²) in [4.78, 5) is 26.2. The third kappa shape index (κ3) is 4.07. The lowest BCUT2D eigenvalue weighted by molar-refractivity contribution is -0.127. The third-order valence-electron chi connectivity index (χ3n) is 4.36. The SMILES string of the molecule is CC(C)c1ccc(C[C@@H]2SC(=O)N(Cc3ccccc3Cl)C2=O)cc1. The van der Waals surface area contributed by atoms with Gasteiger partial charge in [0.05, 0.1) is 11.8 Å². The summed E-state index contributed by atoms with van der Waals surface area (Å²) in [5, 5.41) is 0.00873. The summed E-state index contributed by atoms with van der Waals surface area (Å²) in [6.45, 7) is 4.53. The standard InChI is InChI=1S/C20H20ClNO2S/c1-13(2)15-9-7-14(8-10-15)11-18-19(23)22(20(24)25-18)12-16-5-3-4-6-17(16)21/h3-10,13,18H,11-12H2,1-2H3/t18-/m0/s1. The molecule has 2 amide bonds. The van der Waals surface area contributed by atoms with Crippen molar-refractivity contribution in [1.29, 1.82) is 0 Å². The summed E-state index contributed by atoms with van der Waals surface area (Å²) in [6.07, 6.45) is 0.562. The molecule has 2 aromatic rings. The summed E-state index contributed by atoms with van der Waals surface area (Å²) in [5.74, 6) is 0.340. The van der Waals surface area contributed by atoms with Crippen LogP contribution in [0.3, 0.4) is 0 Å². The number of rotatable bonds is 5. The molecule has 1 aliphatic heterocycles. The molecule has 0 bridgehead atoms. The minimum atomic E-state index is -0.361. The van der Waals surface area contributed by atoms with E-state index in [0.717, 1.165) is 22.9 Å². The maximum absolute atomic E-state index is 12.7. The van der Waals surface area contributed by atoms with E-state index in [1.165, 1.54) is 10.5 Å². The molecule has 1 atom stereocenters. The highest BCUT2D eigenvalue weighted by Gasteiger charge is 2.39. The molecule has 1 heterocycles. The summed E-state index contributed by atoms with van der Waals surface area (Å²) in [7, 11) is 0. The first-order valence-electron chi connectivity index (χ1n) is 8.30. The topological polar surface area (TPSA) is 37.4 Å². The average Bonchev–Trinajstić information content (AvgIpc) is 2.85. The lowest BCUT2D eigenvalue weighted by atomic mass is 10.00. The van der Waals surface area contributed by atoms with E-state index in [1.54, 1.807) is 6.07 Å². The number of benzene rings is 2. The van der Waals surface area contributed by atoms with Crippen LogP contribution in [-0.2, 0) is 17.8 Å². The minimum Gasteiger partial charge on any atom is -0.273 e. The lowest BCUT2D eigenvalue weighted by Gasteiger charge is -2.15. The molecule has 1 fully saturated rings. The molecular weight excluding hydrogens is 354 g/mol. The molecule has 0 unspecified atom stereocenters. The highest BCUT2D eigenvalue weighted by molar-refractivity contribution is 8.15. The van der Waals surface area contributed by atoms with Gasteiger partial charge in [-0.25, -0.2) is 0 Å². The zero-order chi connectivity index (χ0) is 18.0. The fourth-order valence-electron chi connectivity index (χ4n) is 2.82. The van der Waals surface area contributed by atoms with Crippen molar-refractivity contribution in [1.82, 2.24) is 4.90 Å². The molecule has 5 heteroatoms. The van der Waals surface area contributed by atoms with Crippen LogP contribution in [0.2, 0.25) is 5.02 Å². The van der Waals surface area contributed by atoms with Crippen LogP contribution in [0, 0.1) is 0 Å². The first-order valence-corrected chi connectivity index (χ1v) is 9.55. The van der Waals surface area contributed by atoms with Crippen LogP contribution in [0.1, 0.15) is 36.5 Å². The number of carbonyl (C=O) groups excluding carboxylic acids is 2. The van der Waals surface area contributed by atoms with Gasteiger partial charge < -0.3 is 0 Å². The first kappa shape index (κ1) is 18.0.